The van der Waals surface area contributed by atoms with E-state index in [4.69, 9.17) is 23.7 Å². The third kappa shape index (κ3) is 2.90. The minimum Gasteiger partial charge on any atom is -0.493 e. The Kier molecular flexibility index (Phi) is 4.43. The predicted molar refractivity (Wildman–Crippen MR) is 109 cm³/mol. The maximum Gasteiger partial charge on any atom is 0.337 e. The number of carbonyl (C=O) groups is 1. The number of benzene rings is 2. The highest BCUT2D eigenvalue weighted by molar-refractivity contribution is 5.99. The number of methoxy groups -OCH3 is 2. The lowest BCUT2D eigenvalue weighted by Crippen LogP contribution is -2.33. The maximum absolute atomic E-state index is 11.8. The molecule has 0 amide bonds. The van der Waals surface area contributed by atoms with Gasteiger partial charge in [-0.3, -0.25) is 0 Å². The number of rotatable bonds is 4. The first kappa shape index (κ1) is 18.3. The summed E-state index contributed by atoms with van der Waals surface area (Å²) in [5.74, 6) is 1.75. The van der Waals surface area contributed by atoms with Crippen LogP contribution in [0.3, 0.4) is 0 Å². The smallest absolute Gasteiger partial charge is 0.337 e. The maximum atomic E-state index is 11.8. The van der Waals surface area contributed by atoms with E-state index in [1.54, 1.807) is 25.5 Å². The van der Waals surface area contributed by atoms with Crippen molar-refractivity contribution in [3.8, 4) is 11.5 Å². The highest BCUT2D eigenvalue weighted by atomic mass is 16.5. The summed E-state index contributed by atoms with van der Waals surface area (Å²) in [6.07, 6.45) is 1.86. The van der Waals surface area contributed by atoms with Crippen LogP contribution in [0.25, 0.3) is 0 Å². The highest BCUT2D eigenvalue weighted by Gasteiger charge is 2.42. The molecule has 5 rings (SSSR count). The summed E-state index contributed by atoms with van der Waals surface area (Å²) in [6, 6.07) is 16.8. The van der Waals surface area contributed by atoms with Gasteiger partial charge >= 0.3 is 5.97 Å². The second-order valence-corrected chi connectivity index (χ2v) is 7.09. The molecular formula is C23H20N2O5. The molecule has 0 unspecified atom stereocenters. The number of hydrogen-bond donors (Lipinski definition) is 0. The van der Waals surface area contributed by atoms with Crippen LogP contribution in [0.1, 0.15) is 45.9 Å². The molecule has 0 fully saturated rings. The summed E-state index contributed by atoms with van der Waals surface area (Å²) >= 11 is 0. The summed E-state index contributed by atoms with van der Waals surface area (Å²) < 4.78 is 22.3. The lowest BCUT2D eigenvalue weighted by Gasteiger charge is -2.38. The molecule has 2 aliphatic rings. The number of furan rings is 1. The monoisotopic (exact) mass is 404 g/mol. The second-order valence-electron chi connectivity index (χ2n) is 7.09. The van der Waals surface area contributed by atoms with Gasteiger partial charge in [0.15, 0.2) is 11.5 Å². The standard InChI is InChI=1S/C23H20N2O5/c1-27-20-6-3-5-16-18-13-17(19-7-4-12-29-19)24-25(18)22(30-21(16)20)14-8-10-15(11-9-14)23(26)28-2/h3-12,18,22H,13H2,1-2H3/t18-,22+/m1/s1. The van der Waals surface area contributed by atoms with Crippen molar-refractivity contribution in [1.82, 2.24) is 5.01 Å². The first-order valence-corrected chi connectivity index (χ1v) is 9.61. The van der Waals surface area contributed by atoms with Crippen LogP contribution >= 0.6 is 0 Å². The van der Waals surface area contributed by atoms with Gasteiger partial charge in [0.2, 0.25) is 6.23 Å². The summed E-state index contributed by atoms with van der Waals surface area (Å²) in [6.45, 7) is 0. The average molecular weight is 404 g/mol. The Labute approximate surface area is 173 Å². The summed E-state index contributed by atoms with van der Waals surface area (Å²) in [7, 11) is 2.99. The van der Waals surface area contributed by atoms with Crippen molar-refractivity contribution >= 4 is 11.7 Å². The van der Waals surface area contributed by atoms with Crippen LogP contribution in [0.15, 0.2) is 70.4 Å². The molecule has 0 saturated heterocycles. The van der Waals surface area contributed by atoms with E-state index in [-0.39, 0.29) is 12.0 Å². The van der Waals surface area contributed by atoms with Crippen molar-refractivity contribution in [3.05, 3.63) is 83.3 Å². The molecule has 0 aliphatic carbocycles. The number of hydrazone groups is 1. The molecule has 0 saturated carbocycles. The Morgan fingerprint density at radius 3 is 2.63 bits per heavy atom. The Balaban J connectivity index is 1.58. The zero-order valence-corrected chi connectivity index (χ0v) is 16.6. The molecule has 0 bridgehead atoms. The van der Waals surface area contributed by atoms with Gasteiger partial charge in [-0.15, -0.1) is 0 Å². The lowest BCUT2D eigenvalue weighted by atomic mass is 9.97. The average Bonchev–Trinajstić information content (AvgIpc) is 3.47. The summed E-state index contributed by atoms with van der Waals surface area (Å²) in [4.78, 5) is 11.8. The van der Waals surface area contributed by atoms with Gasteiger partial charge < -0.3 is 18.6 Å². The molecule has 2 aromatic carbocycles. The van der Waals surface area contributed by atoms with Crippen LogP contribution in [0.4, 0.5) is 0 Å². The minimum atomic E-state index is -0.474. The van der Waals surface area contributed by atoms with E-state index in [0.29, 0.717) is 23.5 Å². The van der Waals surface area contributed by atoms with E-state index >= 15 is 0 Å². The molecule has 7 nitrogen and oxygen atoms in total. The molecule has 2 atom stereocenters. The van der Waals surface area contributed by atoms with E-state index in [2.05, 4.69) is 0 Å². The van der Waals surface area contributed by atoms with Crippen molar-refractivity contribution in [3.63, 3.8) is 0 Å². The molecule has 0 spiro atoms. The number of para-hydroxylation sites is 1. The van der Waals surface area contributed by atoms with E-state index in [9.17, 15) is 4.79 Å². The number of fused-ring (bicyclic) bond motifs is 3. The molecule has 2 aliphatic heterocycles. The Bertz CT molecular complexity index is 1110. The summed E-state index contributed by atoms with van der Waals surface area (Å²) in [5.41, 5.74) is 3.23. The molecule has 7 heteroatoms. The van der Waals surface area contributed by atoms with Gasteiger partial charge in [0.05, 0.1) is 32.1 Å². The molecule has 3 aromatic rings. The van der Waals surface area contributed by atoms with Crippen molar-refractivity contribution in [2.24, 2.45) is 5.10 Å². The summed E-state index contributed by atoms with van der Waals surface area (Å²) in [5, 5.41) is 6.79. The molecular weight excluding hydrogens is 384 g/mol. The van der Waals surface area contributed by atoms with Gasteiger partial charge in [-0.25, -0.2) is 9.80 Å². The van der Waals surface area contributed by atoms with Gasteiger partial charge in [-0.2, -0.15) is 5.10 Å². The van der Waals surface area contributed by atoms with Crippen molar-refractivity contribution in [2.45, 2.75) is 18.7 Å². The molecule has 152 valence electrons. The molecule has 0 radical (unpaired) electrons. The van der Waals surface area contributed by atoms with Crippen LogP contribution in [0.5, 0.6) is 11.5 Å². The Hall–Kier alpha value is -3.74. The number of nitrogens with zero attached hydrogens (tertiary/aromatic N) is 2. The van der Waals surface area contributed by atoms with E-state index in [1.807, 2.05) is 47.5 Å². The second kappa shape index (κ2) is 7.26. The van der Waals surface area contributed by atoms with E-state index < -0.39 is 6.23 Å². The van der Waals surface area contributed by atoms with Gasteiger partial charge in [0.1, 0.15) is 11.5 Å². The van der Waals surface area contributed by atoms with Crippen LogP contribution in [0, 0.1) is 0 Å². The highest BCUT2D eigenvalue weighted by Crippen LogP contribution is 2.50. The Morgan fingerprint density at radius 2 is 1.93 bits per heavy atom. The molecule has 0 N–H and O–H groups in total. The van der Waals surface area contributed by atoms with Gasteiger partial charge in [-0.05, 0) is 30.3 Å². The predicted octanol–water partition coefficient (Wildman–Crippen LogP) is 4.32. The quantitative estimate of drug-likeness (QED) is 0.603. The van der Waals surface area contributed by atoms with Crippen LogP contribution < -0.4 is 9.47 Å². The van der Waals surface area contributed by atoms with Gasteiger partial charge in [0.25, 0.3) is 0 Å². The zero-order chi connectivity index (χ0) is 20.7. The van der Waals surface area contributed by atoms with Crippen molar-refractivity contribution in [2.75, 3.05) is 14.2 Å². The normalized spacial score (nSPS) is 19.4. The van der Waals surface area contributed by atoms with Crippen LogP contribution in [-0.2, 0) is 4.74 Å². The fraction of sp³-hybridized carbons (Fsp3) is 0.217. The molecule has 3 heterocycles. The fourth-order valence-electron chi connectivity index (χ4n) is 3.96. The van der Waals surface area contributed by atoms with Gasteiger partial charge in [0, 0.05) is 17.5 Å². The lowest BCUT2D eigenvalue weighted by molar-refractivity contribution is -0.0209. The SMILES string of the molecule is COC(=O)c1ccc([C@@H]2Oc3c(OC)cccc3[C@H]3CC(c4ccco4)=NN32)cc1. The number of hydrogen-bond acceptors (Lipinski definition) is 7. The van der Waals surface area contributed by atoms with Crippen molar-refractivity contribution < 1.29 is 23.4 Å². The third-order valence-electron chi connectivity index (χ3n) is 5.42. The number of ether oxygens (including phenoxy) is 3. The van der Waals surface area contributed by atoms with E-state index in [1.165, 1.54) is 7.11 Å². The Morgan fingerprint density at radius 1 is 1.10 bits per heavy atom. The zero-order valence-electron chi connectivity index (χ0n) is 16.6. The first-order valence-electron chi connectivity index (χ1n) is 9.61. The van der Waals surface area contributed by atoms with Crippen LogP contribution in [0.2, 0.25) is 0 Å². The van der Waals surface area contributed by atoms with E-state index in [0.717, 1.165) is 22.6 Å². The molecule has 1 aromatic heterocycles. The first-order chi connectivity index (χ1) is 14.7. The number of carbonyl (C=O) groups excluding carboxylic acids is 1. The topological polar surface area (TPSA) is 73.5 Å². The van der Waals surface area contributed by atoms with Crippen LogP contribution in [-0.4, -0.2) is 30.9 Å². The fourth-order valence-corrected chi connectivity index (χ4v) is 3.96. The third-order valence-corrected chi connectivity index (χ3v) is 5.42. The van der Waals surface area contributed by atoms with Crippen molar-refractivity contribution in [1.29, 1.82) is 0 Å². The minimum absolute atomic E-state index is 0.0192. The van der Waals surface area contributed by atoms with Gasteiger partial charge in [-0.1, -0.05) is 24.3 Å². The molecule has 30 heavy (non-hydrogen) atoms. The largest absolute Gasteiger partial charge is 0.493 e. The number of esters is 1.